The van der Waals surface area contributed by atoms with Crippen LogP contribution in [0.4, 0.5) is 0 Å². The number of aromatic nitrogens is 3. The Labute approximate surface area is 169 Å². The van der Waals surface area contributed by atoms with Gasteiger partial charge in [-0.1, -0.05) is 42.5 Å². The van der Waals surface area contributed by atoms with Crippen LogP contribution in [-0.4, -0.2) is 26.5 Å². The second-order valence-corrected chi connectivity index (χ2v) is 7.69. The predicted octanol–water partition coefficient (Wildman–Crippen LogP) is 4.14. The van der Waals surface area contributed by atoms with E-state index in [1.54, 1.807) is 6.33 Å². The molecule has 6 rings (SSSR count). The highest BCUT2D eigenvalue weighted by molar-refractivity contribution is 5.81. The van der Waals surface area contributed by atoms with Crippen LogP contribution in [0.25, 0.3) is 22.3 Å². The highest BCUT2D eigenvalue weighted by Gasteiger charge is 2.26. The molecule has 0 aliphatic carbocycles. The van der Waals surface area contributed by atoms with E-state index >= 15 is 0 Å². The van der Waals surface area contributed by atoms with Crippen LogP contribution >= 0.6 is 0 Å². The molecule has 2 aliphatic rings. The normalized spacial score (nSPS) is 15.3. The molecule has 5 nitrogen and oxygen atoms in total. The molecule has 0 fully saturated rings. The Morgan fingerprint density at radius 3 is 2.90 bits per heavy atom. The van der Waals surface area contributed by atoms with Gasteiger partial charge < -0.3 is 4.74 Å². The van der Waals surface area contributed by atoms with Gasteiger partial charge in [-0.15, -0.1) is 0 Å². The Balaban J connectivity index is 1.32. The molecular formula is C24H20N4O. The summed E-state index contributed by atoms with van der Waals surface area (Å²) in [5.41, 5.74) is 7.70. The van der Waals surface area contributed by atoms with Crippen molar-refractivity contribution in [3.05, 3.63) is 83.3 Å². The summed E-state index contributed by atoms with van der Waals surface area (Å²) in [4.78, 5) is 16.4. The largest absolute Gasteiger partial charge is 0.493 e. The molecule has 0 bridgehead atoms. The standard InChI is InChI=1S/C24H20N4O/c1-2-7-20-16(4-1)8-9-21(27-20)23-19-13-28(14-22(19)25-15-26-23)12-18-6-3-5-17-10-11-29-24(17)18/h1-9,15H,10-14H2. The maximum Gasteiger partial charge on any atom is 0.127 e. The highest BCUT2D eigenvalue weighted by Crippen LogP contribution is 2.34. The fraction of sp³-hybridized carbons (Fsp3) is 0.208. The van der Waals surface area contributed by atoms with Crippen molar-refractivity contribution in [1.82, 2.24) is 19.9 Å². The number of nitrogens with zero attached hydrogens (tertiary/aromatic N) is 4. The van der Waals surface area contributed by atoms with Crippen LogP contribution < -0.4 is 4.74 Å². The lowest BCUT2D eigenvalue weighted by Crippen LogP contribution is -2.16. The summed E-state index contributed by atoms with van der Waals surface area (Å²) in [6.07, 6.45) is 2.67. The van der Waals surface area contributed by atoms with Crippen molar-refractivity contribution < 1.29 is 4.74 Å². The molecule has 0 unspecified atom stereocenters. The monoisotopic (exact) mass is 380 g/mol. The van der Waals surface area contributed by atoms with Gasteiger partial charge in [-0.2, -0.15) is 0 Å². The maximum atomic E-state index is 5.89. The molecule has 4 heterocycles. The number of fused-ring (bicyclic) bond motifs is 3. The number of pyridine rings is 1. The first-order valence-electron chi connectivity index (χ1n) is 10.00. The van der Waals surface area contributed by atoms with Crippen molar-refractivity contribution in [3.8, 4) is 17.1 Å². The summed E-state index contributed by atoms with van der Waals surface area (Å²) in [7, 11) is 0. The first-order chi connectivity index (χ1) is 14.3. The fourth-order valence-corrected chi connectivity index (χ4v) is 4.42. The molecule has 0 saturated carbocycles. The zero-order valence-electron chi connectivity index (χ0n) is 16.0. The lowest BCUT2D eigenvalue weighted by Gasteiger charge is -2.16. The van der Waals surface area contributed by atoms with E-state index in [2.05, 4.69) is 51.3 Å². The summed E-state index contributed by atoms with van der Waals surface area (Å²) in [5.74, 6) is 1.07. The molecular weight excluding hydrogens is 360 g/mol. The minimum Gasteiger partial charge on any atom is -0.493 e. The minimum atomic E-state index is 0.788. The van der Waals surface area contributed by atoms with Crippen molar-refractivity contribution in [2.24, 2.45) is 0 Å². The van der Waals surface area contributed by atoms with Crippen LogP contribution in [0.2, 0.25) is 0 Å². The fourth-order valence-electron chi connectivity index (χ4n) is 4.42. The van der Waals surface area contributed by atoms with Gasteiger partial charge in [0.25, 0.3) is 0 Å². The van der Waals surface area contributed by atoms with Gasteiger partial charge in [0, 0.05) is 42.6 Å². The number of hydrogen-bond donors (Lipinski definition) is 0. The molecule has 2 aromatic carbocycles. The third kappa shape index (κ3) is 2.86. The van der Waals surface area contributed by atoms with Gasteiger partial charge in [-0.05, 0) is 17.7 Å². The average Bonchev–Trinajstić information content (AvgIpc) is 3.40. The Morgan fingerprint density at radius 2 is 1.90 bits per heavy atom. The van der Waals surface area contributed by atoms with Crippen LogP contribution in [0, 0.1) is 0 Å². The second-order valence-electron chi connectivity index (χ2n) is 7.69. The lowest BCUT2D eigenvalue weighted by molar-refractivity contribution is 0.266. The van der Waals surface area contributed by atoms with Crippen LogP contribution in [0.15, 0.2) is 60.9 Å². The van der Waals surface area contributed by atoms with Crippen LogP contribution in [0.1, 0.15) is 22.4 Å². The number of benzene rings is 2. The SMILES string of the molecule is c1cc2c(c(CN3Cc4ncnc(-c5ccc6ccccc6n5)c4C3)c1)OCC2. The van der Waals surface area contributed by atoms with Gasteiger partial charge >= 0.3 is 0 Å². The summed E-state index contributed by atoms with van der Waals surface area (Å²) in [5, 5.41) is 1.14. The first kappa shape index (κ1) is 16.6. The molecule has 2 aromatic heterocycles. The summed E-state index contributed by atoms with van der Waals surface area (Å²) >= 11 is 0. The van der Waals surface area contributed by atoms with Crippen molar-refractivity contribution in [2.75, 3.05) is 6.61 Å². The molecule has 0 N–H and O–H groups in total. The first-order valence-corrected chi connectivity index (χ1v) is 10.00. The molecule has 0 spiro atoms. The van der Waals surface area contributed by atoms with E-state index in [-0.39, 0.29) is 0 Å². The number of para-hydroxylation sites is 2. The van der Waals surface area contributed by atoms with Gasteiger partial charge in [-0.3, -0.25) is 4.90 Å². The Hall–Kier alpha value is -3.31. The van der Waals surface area contributed by atoms with Gasteiger partial charge in [0.05, 0.1) is 29.2 Å². The molecule has 5 heteroatoms. The van der Waals surface area contributed by atoms with E-state index in [9.17, 15) is 0 Å². The summed E-state index contributed by atoms with van der Waals surface area (Å²) in [6, 6.07) is 18.8. The summed E-state index contributed by atoms with van der Waals surface area (Å²) < 4.78 is 5.89. The van der Waals surface area contributed by atoms with Crippen molar-refractivity contribution in [3.63, 3.8) is 0 Å². The Bertz CT molecular complexity index is 1240. The zero-order chi connectivity index (χ0) is 19.2. The third-order valence-electron chi connectivity index (χ3n) is 5.82. The van der Waals surface area contributed by atoms with E-state index in [4.69, 9.17) is 9.72 Å². The number of ether oxygens (including phenoxy) is 1. The molecule has 0 atom stereocenters. The van der Waals surface area contributed by atoms with Gasteiger partial charge in [0.15, 0.2) is 0 Å². The van der Waals surface area contributed by atoms with E-state index < -0.39 is 0 Å². The van der Waals surface area contributed by atoms with Crippen molar-refractivity contribution in [1.29, 1.82) is 0 Å². The molecule has 4 aromatic rings. The number of rotatable bonds is 3. The molecule has 0 amide bonds. The van der Waals surface area contributed by atoms with E-state index in [0.717, 1.165) is 66.4 Å². The Morgan fingerprint density at radius 1 is 0.931 bits per heavy atom. The quantitative estimate of drug-likeness (QED) is 0.535. The van der Waals surface area contributed by atoms with Crippen LogP contribution in [-0.2, 0) is 26.1 Å². The van der Waals surface area contributed by atoms with Crippen molar-refractivity contribution in [2.45, 2.75) is 26.1 Å². The van der Waals surface area contributed by atoms with Gasteiger partial charge in [0.2, 0.25) is 0 Å². The molecule has 2 aliphatic heterocycles. The van der Waals surface area contributed by atoms with Gasteiger partial charge in [0.1, 0.15) is 12.1 Å². The molecule has 29 heavy (non-hydrogen) atoms. The van der Waals surface area contributed by atoms with Crippen LogP contribution in [0.3, 0.4) is 0 Å². The molecule has 0 radical (unpaired) electrons. The maximum absolute atomic E-state index is 5.89. The van der Waals surface area contributed by atoms with E-state index in [1.807, 2.05) is 18.2 Å². The minimum absolute atomic E-state index is 0.788. The average molecular weight is 380 g/mol. The number of hydrogen-bond acceptors (Lipinski definition) is 5. The summed E-state index contributed by atoms with van der Waals surface area (Å²) in [6.45, 7) is 3.28. The lowest BCUT2D eigenvalue weighted by atomic mass is 10.1. The second kappa shape index (κ2) is 6.64. The van der Waals surface area contributed by atoms with E-state index in [0.29, 0.717) is 0 Å². The van der Waals surface area contributed by atoms with Gasteiger partial charge in [-0.25, -0.2) is 15.0 Å². The topological polar surface area (TPSA) is 51.1 Å². The Kier molecular flexibility index (Phi) is 3.81. The van der Waals surface area contributed by atoms with E-state index in [1.165, 1.54) is 16.7 Å². The predicted molar refractivity (Wildman–Crippen MR) is 111 cm³/mol. The molecule has 142 valence electrons. The third-order valence-corrected chi connectivity index (χ3v) is 5.82. The zero-order valence-corrected chi connectivity index (χ0v) is 16.0. The molecule has 0 saturated heterocycles. The smallest absolute Gasteiger partial charge is 0.127 e. The highest BCUT2D eigenvalue weighted by atomic mass is 16.5. The van der Waals surface area contributed by atoms with Crippen LogP contribution in [0.5, 0.6) is 5.75 Å². The van der Waals surface area contributed by atoms with Crippen molar-refractivity contribution >= 4 is 10.9 Å².